The molecule has 3 rings (SSSR count). The Morgan fingerprint density at radius 3 is 2.35 bits per heavy atom. The van der Waals surface area contributed by atoms with Gasteiger partial charge in [-0.15, -0.1) is 0 Å². The van der Waals surface area contributed by atoms with Crippen LogP contribution in [0.25, 0.3) is 0 Å². The molecule has 1 saturated heterocycles. The van der Waals surface area contributed by atoms with Crippen LogP contribution in [0.1, 0.15) is 31.2 Å². The Balaban J connectivity index is 1.76. The first-order chi connectivity index (χ1) is 11.2. The summed E-state index contributed by atoms with van der Waals surface area (Å²) in [6, 6.07) is 20.7. The Morgan fingerprint density at radius 1 is 1.00 bits per heavy atom. The van der Waals surface area contributed by atoms with Gasteiger partial charge in [0.25, 0.3) is 0 Å². The number of hydrogen-bond donors (Lipinski definition) is 0. The van der Waals surface area contributed by atoms with Gasteiger partial charge in [0.1, 0.15) is 0 Å². The molecule has 122 valence electrons. The average Bonchev–Trinajstić information content (AvgIpc) is 2.62. The maximum Gasteiger partial charge on any atom is 0.0561 e. The highest BCUT2D eigenvalue weighted by Crippen LogP contribution is 2.27. The average molecular weight is 327 g/mol. The molecule has 0 radical (unpaired) electrons. The summed E-state index contributed by atoms with van der Waals surface area (Å²) in [7, 11) is -2.38. The molecule has 1 aliphatic rings. The van der Waals surface area contributed by atoms with Crippen LogP contribution in [0.4, 0.5) is 0 Å². The molecule has 1 aliphatic heterocycles. The molecule has 1 heterocycles. The van der Waals surface area contributed by atoms with Gasteiger partial charge in [0.05, 0.1) is 9.71 Å². The van der Waals surface area contributed by atoms with Crippen LogP contribution in [0.2, 0.25) is 0 Å². The monoisotopic (exact) mass is 327 g/mol. The number of hydrogen-bond acceptors (Lipinski definition) is 1. The molecule has 0 aromatic heterocycles. The molecule has 0 N–H and O–H groups in total. The van der Waals surface area contributed by atoms with Crippen molar-refractivity contribution in [2.45, 2.75) is 43.0 Å². The van der Waals surface area contributed by atoms with Crippen LogP contribution in [0.15, 0.2) is 65.6 Å². The lowest BCUT2D eigenvalue weighted by molar-refractivity contribution is 0.251. The summed E-state index contributed by atoms with van der Waals surface area (Å²) < 4.78 is 15.6. The lowest BCUT2D eigenvalue weighted by Crippen LogP contribution is -2.43. The molecule has 3 heteroatoms. The van der Waals surface area contributed by atoms with E-state index in [4.69, 9.17) is 0 Å². The quantitative estimate of drug-likeness (QED) is 0.755. The minimum absolute atomic E-state index is 0.356. The number of benzene rings is 2. The van der Waals surface area contributed by atoms with E-state index in [9.17, 15) is 4.21 Å². The van der Waals surface area contributed by atoms with Crippen molar-refractivity contribution in [2.24, 2.45) is 0 Å². The van der Waals surface area contributed by atoms with E-state index in [0.717, 1.165) is 37.1 Å². The summed E-state index contributed by atoms with van der Waals surface area (Å²) >= 11 is 0. The summed E-state index contributed by atoms with van der Waals surface area (Å²) in [5.74, 6) is 4.12. The highest BCUT2D eigenvalue weighted by Gasteiger charge is 2.29. The summed E-state index contributed by atoms with van der Waals surface area (Å²) in [6.45, 7) is 0.886. The fourth-order valence-corrected chi connectivity index (χ4v) is 5.37. The fraction of sp³-hybridized carbons (Fsp3) is 0.350. The predicted molar refractivity (Wildman–Crippen MR) is 99.1 cm³/mol. The van der Waals surface area contributed by atoms with Gasteiger partial charge in [-0.2, -0.15) is 0 Å². The first-order valence-electron chi connectivity index (χ1n) is 8.41. The van der Waals surface area contributed by atoms with Crippen LogP contribution in [0.5, 0.6) is 0 Å². The van der Waals surface area contributed by atoms with Crippen LogP contribution < -0.4 is 0 Å². The van der Waals surface area contributed by atoms with Crippen molar-refractivity contribution in [3.8, 4) is 0 Å². The second kappa shape index (κ2) is 7.33. The summed E-state index contributed by atoms with van der Waals surface area (Å²) in [4.78, 5) is 0.853. The van der Waals surface area contributed by atoms with Gasteiger partial charge in [0, 0.05) is 17.5 Å². The standard InChI is InChI=1S/C20H25NOS/c1-23(22,20-13-6-3-7-14-20)21-17-9-8-12-19(21)16-15-18-10-4-2-5-11-18/h2-7,10-11,13-14,19H,1,8-9,12,15-17H2. The minimum atomic E-state index is -2.38. The molecule has 0 bridgehead atoms. The number of aryl methyl sites for hydroxylation is 1. The zero-order valence-corrected chi connectivity index (χ0v) is 14.4. The van der Waals surface area contributed by atoms with Crippen LogP contribution in [0.3, 0.4) is 0 Å². The van der Waals surface area contributed by atoms with Crippen molar-refractivity contribution in [1.29, 1.82) is 0 Å². The summed E-state index contributed by atoms with van der Waals surface area (Å²) in [5, 5.41) is 0. The Morgan fingerprint density at radius 2 is 1.65 bits per heavy atom. The molecule has 0 saturated carbocycles. The predicted octanol–water partition coefficient (Wildman–Crippen LogP) is 4.16. The van der Waals surface area contributed by atoms with Crippen molar-refractivity contribution in [3.63, 3.8) is 0 Å². The normalized spacial score (nSPS) is 21.7. The van der Waals surface area contributed by atoms with Crippen LogP contribution in [-0.4, -0.2) is 27.0 Å². The van der Waals surface area contributed by atoms with Crippen LogP contribution >= 0.6 is 0 Å². The topological polar surface area (TPSA) is 20.3 Å². The number of rotatable bonds is 5. The van der Waals surface area contributed by atoms with Gasteiger partial charge in [-0.25, -0.2) is 8.51 Å². The summed E-state index contributed by atoms with van der Waals surface area (Å²) in [5.41, 5.74) is 1.35. The molecular formula is C20H25NOS. The molecular weight excluding hydrogens is 302 g/mol. The van der Waals surface area contributed by atoms with Gasteiger partial charge < -0.3 is 0 Å². The lowest BCUT2D eigenvalue weighted by Gasteiger charge is -2.37. The van der Waals surface area contributed by atoms with E-state index in [1.165, 1.54) is 12.0 Å². The van der Waals surface area contributed by atoms with Crippen LogP contribution in [-0.2, 0) is 16.1 Å². The van der Waals surface area contributed by atoms with Gasteiger partial charge >= 0.3 is 0 Å². The molecule has 2 aromatic carbocycles. The van der Waals surface area contributed by atoms with E-state index in [-0.39, 0.29) is 0 Å². The number of piperidine rings is 1. The van der Waals surface area contributed by atoms with E-state index in [2.05, 4.69) is 40.5 Å². The molecule has 2 atom stereocenters. The zero-order valence-electron chi connectivity index (χ0n) is 13.6. The Hall–Kier alpha value is -1.58. The largest absolute Gasteiger partial charge is 0.248 e. The van der Waals surface area contributed by atoms with Crippen molar-refractivity contribution < 1.29 is 4.21 Å². The first kappa shape index (κ1) is 16.3. The molecule has 1 fully saturated rings. The summed E-state index contributed by atoms with van der Waals surface area (Å²) in [6.07, 6.45) is 5.53. The Labute approximate surface area is 140 Å². The molecule has 23 heavy (non-hydrogen) atoms. The SMILES string of the molecule is C=S(=O)(c1ccccc1)N1CCCCC1CCc1ccccc1. The smallest absolute Gasteiger partial charge is 0.0561 e. The van der Waals surface area contributed by atoms with Crippen molar-refractivity contribution in [1.82, 2.24) is 4.31 Å². The van der Waals surface area contributed by atoms with Gasteiger partial charge in [-0.05, 0) is 49.2 Å². The fourth-order valence-electron chi connectivity index (χ4n) is 3.40. The first-order valence-corrected chi connectivity index (χ1v) is 10.1. The van der Waals surface area contributed by atoms with Gasteiger partial charge in [0.2, 0.25) is 0 Å². The highest BCUT2D eigenvalue weighted by atomic mass is 32.2. The zero-order chi connectivity index (χ0) is 16.1. The van der Waals surface area contributed by atoms with Crippen molar-refractivity contribution in [2.75, 3.05) is 6.54 Å². The molecule has 2 nitrogen and oxygen atoms in total. The third-order valence-electron chi connectivity index (χ3n) is 4.67. The van der Waals surface area contributed by atoms with E-state index in [1.807, 2.05) is 30.3 Å². The van der Waals surface area contributed by atoms with E-state index >= 15 is 0 Å². The van der Waals surface area contributed by atoms with Gasteiger partial charge in [0.15, 0.2) is 0 Å². The third kappa shape index (κ3) is 3.85. The van der Waals surface area contributed by atoms with E-state index < -0.39 is 9.71 Å². The van der Waals surface area contributed by atoms with Gasteiger partial charge in [-0.3, -0.25) is 0 Å². The maximum atomic E-state index is 13.4. The van der Waals surface area contributed by atoms with Crippen LogP contribution in [0, 0.1) is 0 Å². The highest BCUT2D eigenvalue weighted by molar-refractivity contribution is 7.98. The molecule has 2 unspecified atom stereocenters. The van der Waals surface area contributed by atoms with Gasteiger partial charge in [-0.1, -0.05) is 55.0 Å². The Bertz CT molecular complexity index is 710. The second-order valence-electron chi connectivity index (χ2n) is 6.27. The molecule has 2 aromatic rings. The molecule has 0 amide bonds. The Kier molecular flexibility index (Phi) is 5.19. The minimum Gasteiger partial charge on any atom is -0.248 e. The maximum absolute atomic E-state index is 13.4. The van der Waals surface area contributed by atoms with Crippen molar-refractivity contribution >= 4 is 15.6 Å². The number of nitrogens with zero attached hydrogens (tertiary/aromatic N) is 1. The van der Waals surface area contributed by atoms with E-state index in [0.29, 0.717) is 6.04 Å². The third-order valence-corrected chi connectivity index (χ3v) is 6.92. The molecule has 0 aliphatic carbocycles. The van der Waals surface area contributed by atoms with E-state index in [1.54, 1.807) is 0 Å². The van der Waals surface area contributed by atoms with Crippen molar-refractivity contribution in [3.05, 3.63) is 66.2 Å². The lowest BCUT2D eigenvalue weighted by atomic mass is 9.98. The second-order valence-corrected chi connectivity index (χ2v) is 8.49. The molecule has 0 spiro atoms.